The Bertz CT molecular complexity index is 777. The average molecular weight is 357 g/mol. The molecule has 1 saturated heterocycles. The number of carbonyl (C=O) groups excluding carboxylic acids is 2. The third-order valence-electron chi connectivity index (χ3n) is 4.54. The van der Waals surface area contributed by atoms with E-state index in [1.165, 1.54) is 5.56 Å². The third kappa shape index (κ3) is 4.40. The molecule has 0 spiro atoms. The van der Waals surface area contributed by atoms with E-state index < -0.39 is 0 Å². The van der Waals surface area contributed by atoms with Crippen LogP contribution in [-0.4, -0.2) is 29.8 Å². The van der Waals surface area contributed by atoms with Crippen LogP contribution in [0.15, 0.2) is 48.5 Å². The van der Waals surface area contributed by atoms with Gasteiger partial charge in [-0.15, -0.1) is 0 Å². The van der Waals surface area contributed by atoms with Crippen LogP contribution >= 0.6 is 11.6 Å². The smallest absolute Gasteiger partial charge is 0.229 e. The number of nitrogens with zero attached hydrogens (tertiary/aromatic N) is 1. The molecule has 25 heavy (non-hydrogen) atoms. The van der Waals surface area contributed by atoms with Gasteiger partial charge < -0.3 is 10.2 Å². The van der Waals surface area contributed by atoms with E-state index in [1.807, 2.05) is 49.4 Å². The molecule has 3 rings (SSSR count). The highest BCUT2D eigenvalue weighted by Crippen LogP contribution is 2.23. The number of likely N-dealkylation sites (tertiary alicyclic amines) is 1. The van der Waals surface area contributed by atoms with Crippen molar-refractivity contribution in [2.24, 2.45) is 5.92 Å². The van der Waals surface area contributed by atoms with Crippen LogP contribution < -0.4 is 5.32 Å². The summed E-state index contributed by atoms with van der Waals surface area (Å²) in [5.74, 6) is -0.406. The number of anilines is 1. The van der Waals surface area contributed by atoms with Gasteiger partial charge in [0.15, 0.2) is 0 Å². The van der Waals surface area contributed by atoms with Crippen molar-refractivity contribution in [2.45, 2.75) is 19.8 Å². The Morgan fingerprint density at radius 3 is 2.72 bits per heavy atom. The molecule has 1 N–H and O–H groups in total. The van der Waals surface area contributed by atoms with Gasteiger partial charge in [-0.2, -0.15) is 0 Å². The molecule has 0 saturated carbocycles. The molecule has 2 amide bonds. The largest absolute Gasteiger partial charge is 0.342 e. The number of amides is 2. The summed E-state index contributed by atoms with van der Waals surface area (Å²) in [5, 5.41) is 3.48. The molecule has 2 aromatic carbocycles. The van der Waals surface area contributed by atoms with Gasteiger partial charge >= 0.3 is 0 Å². The molecule has 1 atom stereocenters. The van der Waals surface area contributed by atoms with Crippen molar-refractivity contribution < 1.29 is 9.59 Å². The van der Waals surface area contributed by atoms with Crippen molar-refractivity contribution in [2.75, 3.05) is 18.4 Å². The number of halogens is 1. The number of rotatable bonds is 5. The highest BCUT2D eigenvalue weighted by molar-refractivity contribution is 6.31. The molecular weight excluding hydrogens is 336 g/mol. The van der Waals surface area contributed by atoms with Gasteiger partial charge in [0.05, 0.1) is 5.92 Å². The number of benzene rings is 2. The Balaban J connectivity index is 1.56. The lowest BCUT2D eigenvalue weighted by Gasteiger charge is -2.16. The molecule has 1 aliphatic heterocycles. The van der Waals surface area contributed by atoms with Crippen LogP contribution in [0.2, 0.25) is 5.02 Å². The second-order valence-corrected chi connectivity index (χ2v) is 6.84. The highest BCUT2D eigenvalue weighted by atomic mass is 35.5. The summed E-state index contributed by atoms with van der Waals surface area (Å²) in [6.07, 6.45) is 1.06. The molecule has 2 aromatic rings. The van der Waals surface area contributed by atoms with E-state index in [9.17, 15) is 9.59 Å². The van der Waals surface area contributed by atoms with Crippen LogP contribution in [0, 0.1) is 12.8 Å². The van der Waals surface area contributed by atoms with Gasteiger partial charge in [-0.25, -0.2) is 0 Å². The lowest BCUT2D eigenvalue weighted by atomic mass is 10.1. The summed E-state index contributed by atoms with van der Waals surface area (Å²) in [4.78, 5) is 26.4. The van der Waals surface area contributed by atoms with Crippen molar-refractivity contribution in [3.63, 3.8) is 0 Å². The topological polar surface area (TPSA) is 49.4 Å². The molecule has 130 valence electrons. The monoisotopic (exact) mass is 356 g/mol. The molecule has 0 aromatic heterocycles. The highest BCUT2D eigenvalue weighted by Gasteiger charge is 2.34. The lowest BCUT2D eigenvalue weighted by Crippen LogP contribution is -2.30. The van der Waals surface area contributed by atoms with Gasteiger partial charge in [-0.05, 0) is 36.6 Å². The van der Waals surface area contributed by atoms with Crippen LogP contribution in [-0.2, 0) is 16.0 Å². The Hall–Kier alpha value is -2.33. The third-order valence-corrected chi connectivity index (χ3v) is 4.95. The normalized spacial score (nSPS) is 17.0. The van der Waals surface area contributed by atoms with Crippen molar-refractivity contribution in [1.29, 1.82) is 0 Å². The maximum atomic E-state index is 12.4. The summed E-state index contributed by atoms with van der Waals surface area (Å²) >= 11 is 6.09. The van der Waals surface area contributed by atoms with E-state index in [0.717, 1.165) is 12.0 Å². The Morgan fingerprint density at radius 2 is 2.00 bits per heavy atom. The number of carbonyl (C=O) groups is 2. The molecule has 4 nitrogen and oxygen atoms in total. The first-order chi connectivity index (χ1) is 12.0. The predicted molar refractivity (Wildman–Crippen MR) is 99.7 cm³/mol. The molecular formula is C20H21ClN2O2. The minimum atomic E-state index is -0.316. The van der Waals surface area contributed by atoms with Crippen LogP contribution in [0.25, 0.3) is 0 Å². The Morgan fingerprint density at radius 1 is 1.24 bits per heavy atom. The fourth-order valence-electron chi connectivity index (χ4n) is 2.99. The van der Waals surface area contributed by atoms with Crippen LogP contribution in [0.3, 0.4) is 0 Å². The molecule has 5 heteroatoms. The summed E-state index contributed by atoms with van der Waals surface area (Å²) in [6.45, 7) is 3.02. The van der Waals surface area contributed by atoms with Gasteiger partial charge in [0.2, 0.25) is 11.8 Å². The number of nitrogens with one attached hydrogen (secondary N) is 1. The molecule has 0 aliphatic carbocycles. The molecule has 1 unspecified atom stereocenters. The SMILES string of the molecule is Cc1ccc(NC(=O)C2CC(=O)N(CCc3ccccc3)C2)cc1Cl. The summed E-state index contributed by atoms with van der Waals surface area (Å²) < 4.78 is 0. The minimum absolute atomic E-state index is 0.0398. The van der Waals surface area contributed by atoms with E-state index in [4.69, 9.17) is 11.6 Å². The number of hydrogen-bond donors (Lipinski definition) is 1. The van der Waals surface area contributed by atoms with E-state index in [2.05, 4.69) is 5.32 Å². The second-order valence-electron chi connectivity index (χ2n) is 6.43. The van der Waals surface area contributed by atoms with Crippen molar-refractivity contribution >= 4 is 29.1 Å². The maximum absolute atomic E-state index is 12.4. The van der Waals surface area contributed by atoms with Crippen LogP contribution in [0.5, 0.6) is 0 Å². The molecule has 1 heterocycles. The quantitative estimate of drug-likeness (QED) is 0.888. The Labute approximate surface area is 152 Å². The fourth-order valence-corrected chi connectivity index (χ4v) is 3.17. The van der Waals surface area contributed by atoms with Gasteiger partial charge in [0.25, 0.3) is 0 Å². The molecule has 1 fully saturated rings. The Kier molecular flexibility index (Phi) is 5.39. The van der Waals surface area contributed by atoms with E-state index in [0.29, 0.717) is 23.8 Å². The predicted octanol–water partition coefficient (Wildman–Crippen LogP) is 3.68. The summed E-state index contributed by atoms with van der Waals surface area (Å²) in [6, 6.07) is 15.5. The van der Waals surface area contributed by atoms with Crippen molar-refractivity contribution in [3.8, 4) is 0 Å². The van der Waals surface area contributed by atoms with Crippen LogP contribution in [0.1, 0.15) is 17.5 Å². The van der Waals surface area contributed by atoms with Crippen molar-refractivity contribution in [3.05, 3.63) is 64.7 Å². The van der Waals surface area contributed by atoms with Gasteiger partial charge in [-0.1, -0.05) is 48.0 Å². The zero-order valence-electron chi connectivity index (χ0n) is 14.2. The minimum Gasteiger partial charge on any atom is -0.342 e. The zero-order chi connectivity index (χ0) is 17.8. The van der Waals surface area contributed by atoms with Gasteiger partial charge in [0, 0.05) is 30.2 Å². The van der Waals surface area contributed by atoms with Crippen molar-refractivity contribution in [1.82, 2.24) is 4.90 Å². The first-order valence-electron chi connectivity index (χ1n) is 8.41. The van der Waals surface area contributed by atoms with Gasteiger partial charge in [-0.3, -0.25) is 9.59 Å². The zero-order valence-corrected chi connectivity index (χ0v) is 14.9. The lowest BCUT2D eigenvalue weighted by molar-refractivity contribution is -0.128. The standard InChI is InChI=1S/C20H21ClN2O2/c1-14-7-8-17(12-18(14)21)22-20(25)16-11-19(24)23(13-16)10-9-15-5-3-2-4-6-15/h2-8,12,16H,9-11,13H2,1H3,(H,22,25). The number of hydrogen-bond acceptors (Lipinski definition) is 2. The fraction of sp³-hybridized carbons (Fsp3) is 0.300. The molecule has 1 aliphatic rings. The van der Waals surface area contributed by atoms with Gasteiger partial charge in [0.1, 0.15) is 0 Å². The van der Waals surface area contributed by atoms with Crippen LogP contribution in [0.4, 0.5) is 5.69 Å². The first kappa shape index (κ1) is 17.5. The molecule has 0 radical (unpaired) electrons. The van der Waals surface area contributed by atoms with E-state index in [-0.39, 0.29) is 24.2 Å². The van der Waals surface area contributed by atoms with E-state index in [1.54, 1.807) is 11.0 Å². The average Bonchev–Trinajstić information content (AvgIpc) is 2.98. The summed E-state index contributed by atoms with van der Waals surface area (Å²) in [5.41, 5.74) is 2.82. The molecule has 0 bridgehead atoms. The van der Waals surface area contributed by atoms with E-state index >= 15 is 0 Å². The second kappa shape index (κ2) is 7.70. The number of aryl methyl sites for hydroxylation is 1. The summed E-state index contributed by atoms with van der Waals surface area (Å²) in [7, 11) is 0. The first-order valence-corrected chi connectivity index (χ1v) is 8.79. The maximum Gasteiger partial charge on any atom is 0.229 e.